The molecule has 0 aromatic rings. The van der Waals surface area contributed by atoms with Crippen molar-refractivity contribution in [2.24, 2.45) is 5.92 Å². The number of unbranched alkanes of at least 4 members (excludes halogenated alkanes) is 2. The van der Waals surface area contributed by atoms with E-state index < -0.39 is 0 Å². The van der Waals surface area contributed by atoms with Crippen molar-refractivity contribution in [2.45, 2.75) is 66.3 Å². The quantitative estimate of drug-likeness (QED) is 0.558. The van der Waals surface area contributed by atoms with Gasteiger partial charge in [-0.1, -0.05) is 47.0 Å². The lowest BCUT2D eigenvalue weighted by molar-refractivity contribution is 0.185. The van der Waals surface area contributed by atoms with Crippen molar-refractivity contribution in [3.63, 3.8) is 0 Å². The summed E-state index contributed by atoms with van der Waals surface area (Å²) in [7, 11) is 0. The molecule has 1 N–H and O–H groups in total. The van der Waals surface area contributed by atoms with Gasteiger partial charge in [0, 0.05) is 19.1 Å². The topological polar surface area (TPSA) is 15.3 Å². The zero-order valence-electron chi connectivity index (χ0n) is 12.8. The van der Waals surface area contributed by atoms with E-state index in [0.29, 0.717) is 6.04 Å². The largest absolute Gasteiger partial charge is 0.315 e. The SMILES string of the molecule is CCCCCNCC(C)N(CC)CC(C)CC. The Bertz CT molecular complexity index is 159. The van der Waals surface area contributed by atoms with Gasteiger partial charge in [0.15, 0.2) is 0 Å². The molecule has 2 nitrogen and oxygen atoms in total. The average Bonchev–Trinajstić information content (AvgIpc) is 2.34. The standard InChI is InChI=1S/C15H34N2/c1-6-9-10-11-16-12-15(5)17(8-3)13-14(4)7-2/h14-16H,6-13H2,1-5H3. The lowest BCUT2D eigenvalue weighted by Crippen LogP contribution is -2.42. The van der Waals surface area contributed by atoms with Crippen LogP contribution in [0.3, 0.4) is 0 Å². The molecular formula is C15H34N2. The minimum Gasteiger partial charge on any atom is -0.315 e. The molecule has 0 amide bonds. The van der Waals surface area contributed by atoms with Crippen LogP contribution in [0.4, 0.5) is 0 Å². The molecule has 17 heavy (non-hydrogen) atoms. The average molecular weight is 242 g/mol. The Labute approximate surface area is 109 Å². The zero-order chi connectivity index (χ0) is 13.1. The van der Waals surface area contributed by atoms with Gasteiger partial charge in [0.2, 0.25) is 0 Å². The Hall–Kier alpha value is -0.0800. The van der Waals surface area contributed by atoms with Crippen LogP contribution in [0.5, 0.6) is 0 Å². The number of nitrogens with zero attached hydrogens (tertiary/aromatic N) is 1. The number of rotatable bonds is 11. The maximum Gasteiger partial charge on any atom is 0.0192 e. The summed E-state index contributed by atoms with van der Waals surface area (Å²) in [6, 6.07) is 0.663. The van der Waals surface area contributed by atoms with Gasteiger partial charge in [0.25, 0.3) is 0 Å². The van der Waals surface area contributed by atoms with Gasteiger partial charge < -0.3 is 5.32 Å². The first-order chi connectivity index (χ1) is 8.15. The Balaban J connectivity index is 3.71. The highest BCUT2D eigenvalue weighted by molar-refractivity contribution is 4.70. The fraction of sp³-hybridized carbons (Fsp3) is 1.00. The molecule has 0 bridgehead atoms. The highest BCUT2D eigenvalue weighted by atomic mass is 15.2. The second kappa shape index (κ2) is 11.0. The maximum atomic E-state index is 3.58. The van der Waals surface area contributed by atoms with E-state index in [9.17, 15) is 0 Å². The van der Waals surface area contributed by atoms with Gasteiger partial charge in [-0.15, -0.1) is 0 Å². The molecule has 0 spiro atoms. The Morgan fingerprint density at radius 3 is 2.29 bits per heavy atom. The molecule has 0 fully saturated rings. The highest BCUT2D eigenvalue weighted by Crippen LogP contribution is 2.07. The van der Waals surface area contributed by atoms with Crippen molar-refractivity contribution in [3.8, 4) is 0 Å². The first-order valence-corrected chi connectivity index (χ1v) is 7.60. The third-order valence-corrected chi connectivity index (χ3v) is 3.67. The van der Waals surface area contributed by atoms with E-state index in [-0.39, 0.29) is 0 Å². The van der Waals surface area contributed by atoms with Crippen LogP contribution in [0.2, 0.25) is 0 Å². The van der Waals surface area contributed by atoms with E-state index in [0.717, 1.165) is 12.5 Å². The monoisotopic (exact) mass is 242 g/mol. The molecule has 2 atom stereocenters. The number of hydrogen-bond donors (Lipinski definition) is 1. The molecule has 0 saturated heterocycles. The zero-order valence-corrected chi connectivity index (χ0v) is 12.8. The molecule has 0 rings (SSSR count). The number of likely N-dealkylation sites (N-methyl/N-ethyl adjacent to an activating group) is 1. The van der Waals surface area contributed by atoms with Gasteiger partial charge in [0.1, 0.15) is 0 Å². The summed E-state index contributed by atoms with van der Waals surface area (Å²) in [5.74, 6) is 0.817. The van der Waals surface area contributed by atoms with Gasteiger partial charge in [0.05, 0.1) is 0 Å². The Morgan fingerprint density at radius 2 is 1.76 bits per heavy atom. The van der Waals surface area contributed by atoms with Crippen LogP contribution in [0.25, 0.3) is 0 Å². The van der Waals surface area contributed by atoms with E-state index in [1.807, 2.05) is 0 Å². The van der Waals surface area contributed by atoms with E-state index in [1.54, 1.807) is 0 Å². The van der Waals surface area contributed by atoms with Crippen LogP contribution < -0.4 is 5.32 Å². The van der Waals surface area contributed by atoms with Crippen molar-refractivity contribution in [2.75, 3.05) is 26.2 Å². The van der Waals surface area contributed by atoms with E-state index in [1.165, 1.54) is 45.3 Å². The third kappa shape index (κ3) is 8.62. The Kier molecular flexibility index (Phi) is 11.0. The minimum absolute atomic E-state index is 0.663. The fourth-order valence-corrected chi connectivity index (χ4v) is 2.09. The molecule has 0 saturated carbocycles. The smallest absolute Gasteiger partial charge is 0.0192 e. The molecule has 2 heteroatoms. The molecule has 0 aromatic carbocycles. The van der Waals surface area contributed by atoms with Crippen molar-refractivity contribution < 1.29 is 0 Å². The first kappa shape index (κ1) is 16.9. The van der Waals surface area contributed by atoms with Crippen molar-refractivity contribution in [1.29, 1.82) is 0 Å². The van der Waals surface area contributed by atoms with Crippen LogP contribution in [0.15, 0.2) is 0 Å². The van der Waals surface area contributed by atoms with Crippen LogP contribution >= 0.6 is 0 Å². The van der Waals surface area contributed by atoms with Crippen molar-refractivity contribution in [3.05, 3.63) is 0 Å². The molecule has 0 aromatic heterocycles. The van der Waals surface area contributed by atoms with Crippen LogP contribution in [-0.4, -0.2) is 37.1 Å². The molecule has 0 radical (unpaired) electrons. The number of nitrogens with one attached hydrogen (secondary N) is 1. The fourth-order valence-electron chi connectivity index (χ4n) is 2.09. The third-order valence-electron chi connectivity index (χ3n) is 3.67. The van der Waals surface area contributed by atoms with Crippen LogP contribution in [0.1, 0.15) is 60.3 Å². The molecule has 0 heterocycles. The maximum absolute atomic E-state index is 3.58. The van der Waals surface area contributed by atoms with E-state index in [4.69, 9.17) is 0 Å². The summed E-state index contributed by atoms with van der Waals surface area (Å²) in [5, 5.41) is 3.58. The van der Waals surface area contributed by atoms with Crippen molar-refractivity contribution >= 4 is 0 Å². The highest BCUT2D eigenvalue weighted by Gasteiger charge is 2.13. The summed E-state index contributed by atoms with van der Waals surface area (Å²) >= 11 is 0. The van der Waals surface area contributed by atoms with E-state index >= 15 is 0 Å². The lowest BCUT2D eigenvalue weighted by atomic mass is 10.1. The van der Waals surface area contributed by atoms with Gasteiger partial charge in [-0.3, -0.25) is 4.90 Å². The summed E-state index contributed by atoms with van der Waals surface area (Å²) in [4.78, 5) is 2.60. The lowest BCUT2D eigenvalue weighted by Gasteiger charge is -2.30. The molecule has 104 valence electrons. The second-order valence-electron chi connectivity index (χ2n) is 5.36. The first-order valence-electron chi connectivity index (χ1n) is 7.60. The molecule has 0 aliphatic carbocycles. The summed E-state index contributed by atoms with van der Waals surface area (Å²) in [5.41, 5.74) is 0. The normalized spacial score (nSPS) is 15.2. The van der Waals surface area contributed by atoms with Crippen LogP contribution in [-0.2, 0) is 0 Å². The second-order valence-corrected chi connectivity index (χ2v) is 5.36. The van der Waals surface area contributed by atoms with Gasteiger partial charge in [-0.2, -0.15) is 0 Å². The van der Waals surface area contributed by atoms with E-state index in [2.05, 4.69) is 44.8 Å². The van der Waals surface area contributed by atoms with Gasteiger partial charge >= 0.3 is 0 Å². The number of hydrogen-bond acceptors (Lipinski definition) is 2. The summed E-state index contributed by atoms with van der Waals surface area (Å²) < 4.78 is 0. The minimum atomic E-state index is 0.663. The Morgan fingerprint density at radius 1 is 1.06 bits per heavy atom. The van der Waals surface area contributed by atoms with Crippen LogP contribution in [0, 0.1) is 5.92 Å². The van der Waals surface area contributed by atoms with Crippen molar-refractivity contribution in [1.82, 2.24) is 10.2 Å². The predicted octanol–water partition coefficient (Wildman–Crippen LogP) is 3.52. The molecule has 0 aliphatic rings. The molecule has 2 unspecified atom stereocenters. The molecular weight excluding hydrogens is 208 g/mol. The van der Waals surface area contributed by atoms with Gasteiger partial charge in [-0.05, 0) is 32.4 Å². The summed E-state index contributed by atoms with van der Waals surface area (Å²) in [6.45, 7) is 16.2. The molecule has 0 aliphatic heterocycles. The van der Waals surface area contributed by atoms with Gasteiger partial charge in [-0.25, -0.2) is 0 Å². The summed E-state index contributed by atoms with van der Waals surface area (Å²) in [6.07, 6.45) is 5.27. The predicted molar refractivity (Wildman–Crippen MR) is 78.6 cm³/mol.